The van der Waals surface area contributed by atoms with Crippen LogP contribution < -0.4 is 0 Å². The highest BCUT2D eigenvalue weighted by Gasteiger charge is 2.22. The first-order valence-electron chi connectivity index (χ1n) is 4.55. The Morgan fingerprint density at radius 1 is 1.19 bits per heavy atom. The van der Waals surface area contributed by atoms with Gasteiger partial charge >= 0.3 is 0 Å². The summed E-state index contributed by atoms with van der Waals surface area (Å²) in [6, 6.07) is 6.23. The van der Waals surface area contributed by atoms with Crippen molar-refractivity contribution in [3.63, 3.8) is 0 Å². The van der Waals surface area contributed by atoms with Crippen LogP contribution in [0.2, 0.25) is 0 Å². The Hall–Kier alpha value is -1.66. The number of benzene rings is 1. The van der Waals surface area contributed by atoms with Gasteiger partial charge in [-0.25, -0.2) is 0 Å². The maximum atomic E-state index is 11.1. The van der Waals surface area contributed by atoms with Gasteiger partial charge in [-0.15, -0.1) is 0 Å². The lowest BCUT2D eigenvalue weighted by Gasteiger charge is -2.04. The molecule has 1 aliphatic heterocycles. The van der Waals surface area contributed by atoms with E-state index in [1.807, 2.05) is 0 Å². The summed E-state index contributed by atoms with van der Waals surface area (Å²) in [4.78, 5) is 7.80. The molecule has 0 saturated carbocycles. The van der Waals surface area contributed by atoms with Gasteiger partial charge in [-0.3, -0.25) is 4.55 Å². The predicted octanol–water partition coefficient (Wildman–Crippen LogP) is 1.12. The molecule has 0 bridgehead atoms. The van der Waals surface area contributed by atoms with Crippen molar-refractivity contribution >= 4 is 22.5 Å². The summed E-state index contributed by atoms with van der Waals surface area (Å²) in [5.74, 6) is 0. The zero-order valence-corrected chi connectivity index (χ0v) is 9.05. The van der Waals surface area contributed by atoms with Crippen molar-refractivity contribution in [2.75, 3.05) is 0 Å². The molecule has 0 fully saturated rings. The molecular formula is C10H9N2O3S+. The maximum Gasteiger partial charge on any atom is 0.294 e. The highest BCUT2D eigenvalue weighted by atomic mass is 32.2. The number of rotatable bonds is 3. The van der Waals surface area contributed by atoms with Gasteiger partial charge < -0.3 is 0 Å². The van der Waals surface area contributed by atoms with Gasteiger partial charge in [0.25, 0.3) is 10.1 Å². The monoisotopic (exact) mass is 237 g/mol. The molecule has 1 aliphatic rings. The molecule has 0 aliphatic carbocycles. The molecule has 16 heavy (non-hydrogen) atoms. The average molecular weight is 237 g/mol. The minimum absolute atomic E-state index is 0.0974. The van der Waals surface area contributed by atoms with Crippen LogP contribution >= 0.6 is 0 Å². The third kappa shape index (κ3) is 2.29. The number of hydrogen-bond acceptors (Lipinski definition) is 4. The van der Waals surface area contributed by atoms with E-state index in [1.165, 1.54) is 18.5 Å². The van der Waals surface area contributed by atoms with E-state index in [0.29, 0.717) is 11.7 Å². The Balaban J connectivity index is 2.33. The normalized spacial score (nSPS) is 14.7. The van der Waals surface area contributed by atoms with Gasteiger partial charge in [-0.2, -0.15) is 8.42 Å². The Labute approximate surface area is 93.3 Å². The van der Waals surface area contributed by atoms with E-state index in [1.54, 1.807) is 18.2 Å². The molecule has 5 nitrogen and oxygen atoms in total. The molecule has 0 radical (unpaired) electrons. The van der Waals surface area contributed by atoms with E-state index >= 15 is 0 Å². The molecule has 6 heteroatoms. The van der Waals surface area contributed by atoms with E-state index in [4.69, 9.17) is 4.55 Å². The molecule has 0 amide bonds. The van der Waals surface area contributed by atoms with Crippen molar-refractivity contribution in [3.8, 4) is 0 Å². The van der Waals surface area contributed by atoms with Crippen LogP contribution in [-0.4, -0.2) is 25.4 Å². The first-order valence-corrected chi connectivity index (χ1v) is 5.99. The van der Waals surface area contributed by atoms with Crippen LogP contribution in [0.4, 0.5) is 0 Å². The van der Waals surface area contributed by atoms with Crippen molar-refractivity contribution in [1.82, 2.24) is 0 Å². The van der Waals surface area contributed by atoms with Crippen molar-refractivity contribution in [2.45, 2.75) is 11.3 Å². The minimum atomic E-state index is -4.19. The zero-order chi connectivity index (χ0) is 11.6. The van der Waals surface area contributed by atoms with Gasteiger partial charge in [0.2, 0.25) is 6.17 Å². The smallest absolute Gasteiger partial charge is 0.282 e. The van der Waals surface area contributed by atoms with Crippen LogP contribution in [0, 0.1) is 6.17 Å². The predicted molar refractivity (Wildman–Crippen MR) is 60.2 cm³/mol. The fourth-order valence-electron chi connectivity index (χ4n) is 1.44. The summed E-state index contributed by atoms with van der Waals surface area (Å²) in [7, 11) is -4.19. The van der Waals surface area contributed by atoms with Crippen molar-refractivity contribution < 1.29 is 13.0 Å². The Kier molecular flexibility index (Phi) is 2.76. The summed E-state index contributed by atoms with van der Waals surface area (Å²) in [6.07, 6.45) is 3.87. The number of aliphatic imine (C=N–C) groups is 2. The van der Waals surface area contributed by atoms with Crippen molar-refractivity contribution in [1.29, 1.82) is 0 Å². The lowest BCUT2D eigenvalue weighted by Crippen LogP contribution is -2.05. The van der Waals surface area contributed by atoms with Crippen LogP contribution in [0.5, 0.6) is 0 Å². The Morgan fingerprint density at radius 3 is 2.44 bits per heavy atom. The van der Waals surface area contributed by atoms with E-state index in [9.17, 15) is 8.42 Å². The van der Waals surface area contributed by atoms with Gasteiger partial charge in [0, 0.05) is 0 Å². The molecule has 1 aromatic rings. The second-order valence-corrected chi connectivity index (χ2v) is 4.62. The van der Waals surface area contributed by atoms with Gasteiger partial charge in [0.05, 0.1) is 11.3 Å². The quantitative estimate of drug-likeness (QED) is 0.632. The summed E-state index contributed by atoms with van der Waals surface area (Å²) >= 11 is 0. The molecule has 0 aromatic heterocycles. The first-order chi connectivity index (χ1) is 7.57. The molecule has 82 valence electrons. The number of nitrogens with zero attached hydrogens (tertiary/aromatic N) is 2. The van der Waals surface area contributed by atoms with Crippen LogP contribution in [0.15, 0.2) is 39.1 Å². The highest BCUT2D eigenvalue weighted by molar-refractivity contribution is 7.85. The van der Waals surface area contributed by atoms with Gasteiger partial charge in [-0.1, -0.05) is 28.2 Å². The molecular weight excluding hydrogens is 228 g/mol. The fourth-order valence-corrected chi connectivity index (χ4v) is 2.16. The van der Waals surface area contributed by atoms with Crippen LogP contribution in [0.25, 0.3) is 0 Å². The minimum Gasteiger partial charge on any atom is -0.282 e. The molecule has 1 heterocycles. The second kappa shape index (κ2) is 4.07. The van der Waals surface area contributed by atoms with Crippen LogP contribution in [0.1, 0.15) is 5.56 Å². The number of hydrogen-bond donors (Lipinski definition) is 1. The molecule has 0 saturated heterocycles. The first kappa shape index (κ1) is 10.8. The van der Waals surface area contributed by atoms with Gasteiger partial charge in [0.1, 0.15) is 0 Å². The fraction of sp³-hybridized carbons (Fsp3) is 0.100. The van der Waals surface area contributed by atoms with E-state index < -0.39 is 10.1 Å². The average Bonchev–Trinajstić information content (AvgIpc) is 2.70. The molecule has 1 N–H and O–H groups in total. The standard InChI is InChI=1S/C10H8N2O3S/c13-16(14,15)9-4-2-1-3-8(9)7-10-11-5-6-12-10/h1-6H,7H2/p+1. The van der Waals surface area contributed by atoms with Crippen molar-refractivity contribution in [3.05, 3.63) is 36.0 Å². The zero-order valence-electron chi connectivity index (χ0n) is 8.24. The van der Waals surface area contributed by atoms with Gasteiger partial charge in [-0.05, 0) is 11.6 Å². The Morgan fingerprint density at radius 2 is 1.81 bits per heavy atom. The summed E-state index contributed by atoms with van der Waals surface area (Å²) < 4.78 is 31.2. The summed E-state index contributed by atoms with van der Waals surface area (Å²) in [6.45, 7) is 0. The summed E-state index contributed by atoms with van der Waals surface area (Å²) in [5, 5.41) is 0. The van der Waals surface area contributed by atoms with Crippen LogP contribution in [-0.2, 0) is 16.5 Å². The van der Waals surface area contributed by atoms with E-state index in [-0.39, 0.29) is 11.3 Å². The third-order valence-corrected chi connectivity index (χ3v) is 3.07. The maximum absolute atomic E-state index is 11.1. The van der Waals surface area contributed by atoms with Crippen molar-refractivity contribution in [2.24, 2.45) is 9.98 Å². The lowest BCUT2D eigenvalue weighted by molar-refractivity contribution is 0.482. The van der Waals surface area contributed by atoms with Crippen LogP contribution in [0.3, 0.4) is 0 Å². The highest BCUT2D eigenvalue weighted by Crippen LogP contribution is 2.21. The van der Waals surface area contributed by atoms with Gasteiger partial charge in [0.15, 0.2) is 12.4 Å². The third-order valence-electron chi connectivity index (χ3n) is 2.11. The molecule has 2 rings (SSSR count). The molecule has 0 unspecified atom stereocenters. The molecule has 0 atom stereocenters. The van der Waals surface area contributed by atoms with E-state index in [0.717, 1.165) is 0 Å². The summed E-state index contributed by atoms with van der Waals surface area (Å²) in [5.41, 5.74) is 0.483. The molecule has 0 spiro atoms. The SMILES string of the molecule is O=S(=O)(O)c1ccccc1C[C+]1N=CC=N1. The second-order valence-electron chi connectivity index (χ2n) is 3.23. The largest absolute Gasteiger partial charge is 0.294 e. The molecule has 1 aromatic carbocycles. The Bertz CT molecular complexity index is 537. The van der Waals surface area contributed by atoms with E-state index in [2.05, 4.69) is 9.98 Å². The topological polar surface area (TPSA) is 79.1 Å². The lowest BCUT2D eigenvalue weighted by atomic mass is 10.1.